The summed E-state index contributed by atoms with van der Waals surface area (Å²) in [6.45, 7) is 3.36. The van der Waals surface area contributed by atoms with Crippen molar-refractivity contribution in [1.29, 1.82) is 0 Å². The summed E-state index contributed by atoms with van der Waals surface area (Å²) in [5, 5.41) is 8.38. The Morgan fingerprint density at radius 1 is 1.36 bits per heavy atom. The van der Waals surface area contributed by atoms with Crippen molar-refractivity contribution in [2.24, 2.45) is 0 Å². The number of hydrogen-bond acceptors (Lipinski definition) is 6. The Morgan fingerprint density at radius 3 is 2.80 bits per heavy atom. The molecule has 8 heteroatoms. The van der Waals surface area contributed by atoms with Gasteiger partial charge in [-0.3, -0.25) is 9.00 Å². The number of aromatic nitrogens is 2. The van der Waals surface area contributed by atoms with E-state index < -0.39 is 16.0 Å². The Morgan fingerprint density at radius 2 is 2.12 bits per heavy atom. The first kappa shape index (κ1) is 17.5. The fraction of sp³-hybridized carbons (Fsp3) is 0.235. The predicted octanol–water partition coefficient (Wildman–Crippen LogP) is 3.38. The third-order valence-electron chi connectivity index (χ3n) is 3.51. The lowest BCUT2D eigenvalue weighted by Gasteiger charge is -2.09. The van der Waals surface area contributed by atoms with Crippen LogP contribution in [0.3, 0.4) is 0 Å². The molecule has 1 amide bonds. The van der Waals surface area contributed by atoms with E-state index in [4.69, 9.17) is 4.52 Å². The van der Waals surface area contributed by atoms with Crippen molar-refractivity contribution < 1.29 is 13.5 Å². The Bertz CT molecular complexity index is 889. The van der Waals surface area contributed by atoms with E-state index >= 15 is 0 Å². The molecule has 2 atom stereocenters. The van der Waals surface area contributed by atoms with E-state index in [2.05, 4.69) is 15.5 Å². The zero-order valence-electron chi connectivity index (χ0n) is 13.8. The number of hydrogen-bond donors (Lipinski definition) is 1. The van der Waals surface area contributed by atoms with E-state index in [1.54, 1.807) is 19.9 Å². The topological polar surface area (TPSA) is 85.1 Å². The van der Waals surface area contributed by atoms with E-state index in [1.165, 1.54) is 11.3 Å². The molecule has 1 aromatic carbocycles. The van der Waals surface area contributed by atoms with E-state index in [-0.39, 0.29) is 11.7 Å². The van der Waals surface area contributed by atoms with Gasteiger partial charge in [0, 0.05) is 27.8 Å². The summed E-state index contributed by atoms with van der Waals surface area (Å²) >= 11 is 1.50. The molecule has 0 aliphatic carbocycles. The van der Waals surface area contributed by atoms with Crippen LogP contribution < -0.4 is 5.32 Å². The molecule has 2 aromatic heterocycles. The second kappa shape index (κ2) is 7.71. The van der Waals surface area contributed by atoms with Gasteiger partial charge in [-0.1, -0.05) is 35.5 Å². The van der Waals surface area contributed by atoms with Crippen LogP contribution in [-0.4, -0.2) is 25.5 Å². The molecule has 0 bridgehead atoms. The van der Waals surface area contributed by atoms with Gasteiger partial charge in [0.25, 0.3) is 0 Å². The second-order valence-electron chi connectivity index (χ2n) is 5.49. The third-order valence-corrected chi connectivity index (χ3v) is 6.03. The lowest BCUT2D eigenvalue weighted by molar-refractivity contribution is -0.115. The van der Waals surface area contributed by atoms with Gasteiger partial charge in [0.2, 0.25) is 5.91 Å². The number of thiazole rings is 1. The summed E-state index contributed by atoms with van der Waals surface area (Å²) in [5.41, 5.74) is 1.75. The number of aryl methyl sites for hydroxylation is 1. The van der Waals surface area contributed by atoms with Crippen LogP contribution in [0.15, 0.2) is 46.3 Å². The molecule has 0 aliphatic heterocycles. The molecule has 0 saturated heterocycles. The highest BCUT2D eigenvalue weighted by Gasteiger charge is 2.22. The molecule has 0 saturated carbocycles. The van der Waals surface area contributed by atoms with Gasteiger partial charge in [-0.2, -0.15) is 0 Å². The zero-order chi connectivity index (χ0) is 17.8. The van der Waals surface area contributed by atoms with Gasteiger partial charge in [0.15, 0.2) is 5.82 Å². The molecule has 6 nitrogen and oxygen atoms in total. The molecule has 130 valence electrons. The molecule has 0 fully saturated rings. The van der Waals surface area contributed by atoms with Crippen LogP contribution in [0.4, 0.5) is 5.82 Å². The first-order valence-electron chi connectivity index (χ1n) is 7.64. The lowest BCUT2D eigenvalue weighted by Crippen LogP contribution is -2.29. The van der Waals surface area contributed by atoms with E-state index in [1.807, 2.05) is 35.7 Å². The maximum atomic E-state index is 12.5. The number of anilines is 1. The molecule has 3 aromatic rings. The standard InChI is InChI=1S/C17H17N3O3S2/c1-11-8-15(20-23-11)19-16(21)12(2)25(22)10-14-9-24-17(18-14)13-6-4-3-5-7-13/h3-9,12H,10H2,1-2H3,(H,19,20,21)/t12-,25+/m1/s1. The number of benzene rings is 1. The number of nitrogens with one attached hydrogen (secondary N) is 1. The molecule has 0 unspecified atom stereocenters. The summed E-state index contributed by atoms with van der Waals surface area (Å²) in [6, 6.07) is 11.4. The van der Waals surface area contributed by atoms with Crippen molar-refractivity contribution >= 4 is 33.9 Å². The Hall–Kier alpha value is -2.32. The summed E-state index contributed by atoms with van der Waals surface area (Å²) in [4.78, 5) is 16.7. The van der Waals surface area contributed by atoms with Crippen LogP contribution >= 0.6 is 11.3 Å². The van der Waals surface area contributed by atoms with Gasteiger partial charge in [-0.15, -0.1) is 11.3 Å². The highest BCUT2D eigenvalue weighted by Crippen LogP contribution is 2.24. The van der Waals surface area contributed by atoms with Crippen LogP contribution in [0.5, 0.6) is 0 Å². The van der Waals surface area contributed by atoms with Gasteiger partial charge in [0.05, 0.1) is 11.4 Å². The summed E-state index contributed by atoms with van der Waals surface area (Å²) < 4.78 is 17.4. The molecule has 0 aliphatic rings. The molecular formula is C17H17N3O3S2. The summed E-state index contributed by atoms with van der Waals surface area (Å²) in [5.74, 6) is 0.798. The van der Waals surface area contributed by atoms with Crippen molar-refractivity contribution in [1.82, 2.24) is 10.1 Å². The quantitative estimate of drug-likeness (QED) is 0.714. The highest BCUT2D eigenvalue weighted by molar-refractivity contribution is 7.85. The number of carbonyl (C=O) groups is 1. The average Bonchev–Trinajstić information content (AvgIpc) is 3.24. The molecular weight excluding hydrogens is 358 g/mol. The van der Waals surface area contributed by atoms with Crippen LogP contribution in [0.1, 0.15) is 18.4 Å². The first-order chi connectivity index (χ1) is 12.0. The van der Waals surface area contributed by atoms with Gasteiger partial charge in [-0.25, -0.2) is 4.98 Å². The lowest BCUT2D eigenvalue weighted by atomic mass is 10.2. The minimum Gasteiger partial charge on any atom is -0.360 e. The first-order valence-corrected chi connectivity index (χ1v) is 9.90. The minimum atomic E-state index is -1.38. The molecule has 0 radical (unpaired) electrons. The smallest absolute Gasteiger partial charge is 0.241 e. The fourth-order valence-electron chi connectivity index (χ4n) is 2.13. The largest absolute Gasteiger partial charge is 0.360 e. The minimum absolute atomic E-state index is 0.232. The SMILES string of the molecule is Cc1cc(NC(=O)[C@@H](C)[S@@](=O)Cc2csc(-c3ccccc3)n2)no1. The van der Waals surface area contributed by atoms with E-state index in [0.29, 0.717) is 11.6 Å². The summed E-state index contributed by atoms with van der Waals surface area (Å²) in [6.07, 6.45) is 0. The van der Waals surface area contributed by atoms with E-state index in [0.717, 1.165) is 16.3 Å². The molecule has 2 heterocycles. The predicted molar refractivity (Wildman–Crippen MR) is 98.7 cm³/mol. The van der Waals surface area contributed by atoms with Crippen molar-refractivity contribution in [2.75, 3.05) is 5.32 Å². The number of carbonyl (C=O) groups excluding carboxylic acids is 1. The Labute approximate surface area is 151 Å². The van der Waals surface area contributed by atoms with Gasteiger partial charge in [-0.05, 0) is 13.8 Å². The van der Waals surface area contributed by atoms with Crippen LogP contribution in [0.25, 0.3) is 10.6 Å². The highest BCUT2D eigenvalue weighted by atomic mass is 32.2. The van der Waals surface area contributed by atoms with Crippen molar-refractivity contribution in [3.8, 4) is 10.6 Å². The van der Waals surface area contributed by atoms with E-state index in [9.17, 15) is 9.00 Å². The van der Waals surface area contributed by atoms with Crippen molar-refractivity contribution in [3.63, 3.8) is 0 Å². The van der Waals surface area contributed by atoms with Crippen molar-refractivity contribution in [2.45, 2.75) is 24.9 Å². The second-order valence-corrected chi connectivity index (χ2v) is 8.10. The van der Waals surface area contributed by atoms with Crippen LogP contribution in [-0.2, 0) is 21.3 Å². The maximum absolute atomic E-state index is 12.5. The third kappa shape index (κ3) is 4.40. The Balaban J connectivity index is 1.61. The van der Waals surface area contributed by atoms with Crippen LogP contribution in [0, 0.1) is 6.92 Å². The molecule has 0 spiro atoms. The molecule has 25 heavy (non-hydrogen) atoms. The zero-order valence-corrected chi connectivity index (χ0v) is 15.4. The van der Waals surface area contributed by atoms with Gasteiger partial charge in [0.1, 0.15) is 16.0 Å². The molecule has 1 N–H and O–H groups in total. The average molecular weight is 375 g/mol. The Kier molecular flexibility index (Phi) is 5.40. The van der Waals surface area contributed by atoms with Crippen LogP contribution in [0.2, 0.25) is 0 Å². The summed E-state index contributed by atoms with van der Waals surface area (Å²) in [7, 11) is -1.38. The van der Waals surface area contributed by atoms with Crippen molar-refractivity contribution in [3.05, 3.63) is 53.2 Å². The van der Waals surface area contributed by atoms with Gasteiger partial charge >= 0.3 is 0 Å². The monoisotopic (exact) mass is 375 g/mol. The van der Waals surface area contributed by atoms with Gasteiger partial charge < -0.3 is 9.84 Å². The number of nitrogens with zero attached hydrogens (tertiary/aromatic N) is 2. The normalized spacial score (nSPS) is 13.4. The maximum Gasteiger partial charge on any atom is 0.241 e. The number of rotatable bonds is 6. The molecule has 3 rings (SSSR count). The fourth-order valence-corrected chi connectivity index (χ4v) is 4.05. The number of amides is 1.